The fourth-order valence-electron chi connectivity index (χ4n) is 3.02. The third-order valence-corrected chi connectivity index (χ3v) is 5.99. The Hall–Kier alpha value is -0.840. The van der Waals surface area contributed by atoms with Gasteiger partial charge in [-0.3, -0.25) is 0 Å². The first-order valence-corrected chi connectivity index (χ1v) is 12.1. The van der Waals surface area contributed by atoms with E-state index in [1.54, 1.807) is 6.07 Å². The Balaban J connectivity index is 0.000000497. The van der Waals surface area contributed by atoms with Gasteiger partial charge < -0.3 is 10.2 Å². The lowest BCUT2D eigenvalue weighted by Gasteiger charge is -2.01. The van der Waals surface area contributed by atoms with Crippen LogP contribution < -0.4 is 0 Å². The zero-order valence-electron chi connectivity index (χ0n) is 17.8. The molecule has 1 fully saturated rings. The van der Waals surface area contributed by atoms with Gasteiger partial charge in [0.1, 0.15) is 4.88 Å². The first kappa shape index (κ1) is 27.2. The van der Waals surface area contributed by atoms with Crippen molar-refractivity contribution in [1.82, 2.24) is 0 Å². The van der Waals surface area contributed by atoms with Crippen LogP contribution in [0.3, 0.4) is 0 Å². The number of unbranched alkanes of at least 4 members (excludes halogenated alkanes) is 4. The van der Waals surface area contributed by atoms with E-state index in [0.29, 0.717) is 16.9 Å². The molecule has 0 bridgehead atoms. The molecule has 162 valence electrons. The average Bonchev–Trinajstić information content (AvgIpc) is 3.33. The second kappa shape index (κ2) is 18.2. The van der Waals surface area contributed by atoms with E-state index in [1.165, 1.54) is 49.9 Å². The monoisotopic (exact) mass is 430 g/mol. The number of carbonyl (C=O) groups is 1. The van der Waals surface area contributed by atoms with Crippen LogP contribution in [0.1, 0.15) is 93.1 Å². The first-order chi connectivity index (χ1) is 13.6. The molecule has 1 aromatic heterocycles. The largest absolute Gasteiger partial charge is 0.477 e. The number of hydrogen-bond donors (Lipinski definition) is 2. The van der Waals surface area contributed by atoms with Gasteiger partial charge in [0.25, 0.3) is 0 Å². The Labute approximate surface area is 180 Å². The van der Waals surface area contributed by atoms with E-state index < -0.39 is 5.97 Å². The summed E-state index contributed by atoms with van der Waals surface area (Å²) in [4.78, 5) is 12.0. The van der Waals surface area contributed by atoms with Crippen LogP contribution in [0.5, 0.6) is 0 Å². The maximum atomic E-state index is 10.4. The van der Waals surface area contributed by atoms with Crippen molar-refractivity contribution < 1.29 is 15.0 Å². The first-order valence-electron chi connectivity index (χ1n) is 10.8. The molecule has 0 aliphatic heterocycles. The molecule has 0 saturated heterocycles. The van der Waals surface area contributed by atoms with Crippen LogP contribution in [0.15, 0.2) is 24.3 Å². The molecule has 5 heteroatoms. The fraction of sp³-hybridized carbons (Fsp3) is 0.696. The van der Waals surface area contributed by atoms with Gasteiger partial charge in [-0.15, -0.1) is 22.9 Å². The summed E-state index contributed by atoms with van der Waals surface area (Å²) >= 11 is 7.41. The molecule has 0 unspecified atom stereocenters. The Morgan fingerprint density at radius 1 is 1.21 bits per heavy atom. The number of rotatable bonds is 10. The van der Waals surface area contributed by atoms with Crippen LogP contribution in [0.4, 0.5) is 0 Å². The second-order valence-corrected chi connectivity index (χ2v) is 8.63. The minimum Gasteiger partial charge on any atom is -0.477 e. The number of allylic oxidation sites excluding steroid dienone is 2. The molecule has 1 saturated carbocycles. The van der Waals surface area contributed by atoms with Gasteiger partial charge in [0.15, 0.2) is 0 Å². The molecular formula is C23H39ClO3S. The second-order valence-electron chi connectivity index (χ2n) is 6.85. The van der Waals surface area contributed by atoms with E-state index >= 15 is 0 Å². The smallest absolute Gasteiger partial charge is 0.345 e. The summed E-state index contributed by atoms with van der Waals surface area (Å²) in [6, 6.07) is 3.55. The molecule has 1 aliphatic carbocycles. The van der Waals surface area contributed by atoms with Gasteiger partial charge in [-0.1, -0.05) is 52.2 Å². The zero-order valence-corrected chi connectivity index (χ0v) is 19.4. The van der Waals surface area contributed by atoms with Crippen molar-refractivity contribution in [2.75, 3.05) is 6.61 Å². The number of aromatic carboxylic acids is 1. The van der Waals surface area contributed by atoms with E-state index in [4.69, 9.17) is 21.8 Å². The van der Waals surface area contributed by atoms with Crippen molar-refractivity contribution >= 4 is 28.9 Å². The van der Waals surface area contributed by atoms with Gasteiger partial charge in [0.2, 0.25) is 0 Å². The lowest BCUT2D eigenvalue weighted by molar-refractivity contribution is 0.0702. The molecule has 3 nitrogen and oxygen atoms in total. The third-order valence-electron chi connectivity index (χ3n) is 4.47. The maximum Gasteiger partial charge on any atom is 0.345 e. The standard InChI is InChI=1S/C13H23ClO.C8H10O2S.C2H6/c14-13-9-8-12(11-13)7-5-3-1-2-4-6-10-15;1-2-3-6-4-5-7(11-6)8(9)10;1-2/h5,7,12-13,15H,1-4,6,8-11H2;4-5H,2-3H2,1H3,(H,9,10);1-2H3/b7-5+;;/t12-,13+;;/m0../s1. The van der Waals surface area contributed by atoms with Crippen LogP contribution in [0, 0.1) is 5.92 Å². The predicted octanol–water partition coefficient (Wildman–Crippen LogP) is 7.32. The number of aryl methyl sites for hydroxylation is 1. The van der Waals surface area contributed by atoms with Gasteiger partial charge in [-0.05, 0) is 63.0 Å². The van der Waals surface area contributed by atoms with Crippen molar-refractivity contribution in [2.45, 2.75) is 90.4 Å². The molecule has 0 spiro atoms. The number of halogens is 1. The van der Waals surface area contributed by atoms with Crippen molar-refractivity contribution in [2.24, 2.45) is 5.92 Å². The average molecular weight is 431 g/mol. The van der Waals surface area contributed by atoms with E-state index in [0.717, 1.165) is 36.5 Å². The molecule has 2 rings (SSSR count). The maximum absolute atomic E-state index is 10.4. The number of thiophene rings is 1. The highest BCUT2D eigenvalue weighted by Crippen LogP contribution is 2.30. The summed E-state index contributed by atoms with van der Waals surface area (Å²) in [5, 5.41) is 17.6. The Morgan fingerprint density at radius 3 is 2.46 bits per heavy atom. The molecule has 1 aromatic rings. The number of hydrogen-bond acceptors (Lipinski definition) is 3. The highest BCUT2D eigenvalue weighted by atomic mass is 35.5. The lowest BCUT2D eigenvalue weighted by Crippen LogP contribution is -1.90. The molecule has 1 aliphatic rings. The van der Waals surface area contributed by atoms with Crippen LogP contribution in [0.25, 0.3) is 0 Å². The highest BCUT2D eigenvalue weighted by Gasteiger charge is 2.19. The summed E-state index contributed by atoms with van der Waals surface area (Å²) < 4.78 is 0. The zero-order chi connectivity index (χ0) is 21.2. The van der Waals surface area contributed by atoms with Gasteiger partial charge in [0, 0.05) is 16.9 Å². The normalized spacial score (nSPS) is 18.3. The number of carboxylic acid groups (broad SMARTS) is 1. The number of aliphatic hydroxyl groups is 1. The molecule has 2 atom stereocenters. The molecule has 0 radical (unpaired) electrons. The molecule has 0 amide bonds. The SMILES string of the molecule is CC.CCCc1ccc(C(=O)O)s1.OCCCCCC/C=C/[C@H]1CC[C@@H](Cl)C1. The lowest BCUT2D eigenvalue weighted by atomic mass is 10.1. The summed E-state index contributed by atoms with van der Waals surface area (Å²) in [5.41, 5.74) is 0. The van der Waals surface area contributed by atoms with Crippen LogP contribution in [-0.4, -0.2) is 28.2 Å². The molecule has 0 aromatic carbocycles. The van der Waals surface area contributed by atoms with Crippen molar-refractivity contribution in [3.8, 4) is 0 Å². The quantitative estimate of drug-likeness (QED) is 0.232. The Bertz CT molecular complexity index is 528. The summed E-state index contributed by atoms with van der Waals surface area (Å²) in [6.07, 6.45) is 16.2. The van der Waals surface area contributed by atoms with E-state index in [-0.39, 0.29) is 0 Å². The van der Waals surface area contributed by atoms with Crippen molar-refractivity contribution in [3.05, 3.63) is 34.0 Å². The van der Waals surface area contributed by atoms with Crippen LogP contribution in [0.2, 0.25) is 0 Å². The van der Waals surface area contributed by atoms with E-state index in [9.17, 15) is 4.79 Å². The summed E-state index contributed by atoms with van der Waals surface area (Å²) in [5.74, 6) is -0.0812. The number of alkyl halides is 1. The van der Waals surface area contributed by atoms with Crippen molar-refractivity contribution in [1.29, 1.82) is 0 Å². The predicted molar refractivity (Wildman–Crippen MR) is 123 cm³/mol. The Morgan fingerprint density at radius 2 is 1.93 bits per heavy atom. The molecule has 2 N–H and O–H groups in total. The van der Waals surface area contributed by atoms with Gasteiger partial charge >= 0.3 is 5.97 Å². The van der Waals surface area contributed by atoms with E-state index in [1.807, 2.05) is 19.9 Å². The summed E-state index contributed by atoms with van der Waals surface area (Å²) in [6.45, 7) is 6.43. The van der Waals surface area contributed by atoms with Gasteiger partial charge in [-0.25, -0.2) is 4.79 Å². The van der Waals surface area contributed by atoms with Gasteiger partial charge in [-0.2, -0.15) is 0 Å². The minimum absolute atomic E-state index is 0.342. The molecular weight excluding hydrogens is 392 g/mol. The van der Waals surface area contributed by atoms with Gasteiger partial charge in [0.05, 0.1) is 0 Å². The van der Waals surface area contributed by atoms with Crippen molar-refractivity contribution in [3.63, 3.8) is 0 Å². The minimum atomic E-state index is -0.822. The Kier molecular flexibility index (Phi) is 17.7. The topological polar surface area (TPSA) is 57.5 Å². The van der Waals surface area contributed by atoms with Crippen LogP contribution in [-0.2, 0) is 6.42 Å². The summed E-state index contributed by atoms with van der Waals surface area (Å²) in [7, 11) is 0. The third kappa shape index (κ3) is 13.4. The van der Waals surface area contributed by atoms with E-state index in [2.05, 4.69) is 19.1 Å². The number of aliphatic hydroxyl groups excluding tert-OH is 1. The molecule has 28 heavy (non-hydrogen) atoms. The number of carboxylic acids is 1. The highest BCUT2D eigenvalue weighted by molar-refractivity contribution is 7.13. The van der Waals surface area contributed by atoms with Crippen LogP contribution >= 0.6 is 22.9 Å². The molecule has 1 heterocycles. The fourth-order valence-corrected chi connectivity index (χ4v) is 4.33.